The van der Waals surface area contributed by atoms with Gasteiger partial charge in [-0.25, -0.2) is 0 Å². The molecule has 2 aromatic rings. The quantitative estimate of drug-likeness (QED) is 0.543. The Labute approximate surface area is 170 Å². The van der Waals surface area contributed by atoms with Crippen LogP contribution in [0.2, 0.25) is 0 Å². The van der Waals surface area contributed by atoms with Crippen LogP contribution in [0.1, 0.15) is 54.0 Å². The van der Waals surface area contributed by atoms with E-state index >= 15 is 0 Å². The number of rotatable bonds is 4. The fourth-order valence-electron chi connectivity index (χ4n) is 2.38. The van der Waals surface area contributed by atoms with Crippen LogP contribution in [-0.2, 0) is 5.41 Å². The predicted molar refractivity (Wildman–Crippen MR) is 113 cm³/mol. The monoisotopic (exact) mass is 399 g/mol. The van der Waals surface area contributed by atoms with Gasteiger partial charge in [0.2, 0.25) is 0 Å². The van der Waals surface area contributed by atoms with Gasteiger partial charge in [-0.2, -0.15) is 0 Å². The summed E-state index contributed by atoms with van der Waals surface area (Å²) < 4.78 is 5.34. The van der Waals surface area contributed by atoms with Crippen LogP contribution in [0.15, 0.2) is 48.5 Å². The molecule has 7 heteroatoms. The van der Waals surface area contributed by atoms with Crippen molar-refractivity contribution in [3.05, 3.63) is 65.2 Å². The molecule has 2 aromatic carbocycles. The summed E-state index contributed by atoms with van der Waals surface area (Å²) in [5.74, 6) is -0.0491. The van der Waals surface area contributed by atoms with Gasteiger partial charge in [-0.1, -0.05) is 32.9 Å². The molecule has 6 nitrogen and oxygen atoms in total. The molecule has 0 bridgehead atoms. The lowest BCUT2D eigenvalue weighted by atomic mass is 9.87. The highest BCUT2D eigenvalue weighted by atomic mass is 32.1. The highest BCUT2D eigenvalue weighted by molar-refractivity contribution is 7.80. The zero-order valence-electron chi connectivity index (χ0n) is 16.5. The molecule has 0 fully saturated rings. The van der Waals surface area contributed by atoms with Crippen LogP contribution in [0, 0.1) is 0 Å². The molecule has 0 aliphatic carbocycles. The molecule has 0 unspecified atom stereocenters. The molecule has 148 valence electrons. The molecular formula is C21H25N3O3S. The van der Waals surface area contributed by atoms with E-state index in [4.69, 9.17) is 17.0 Å². The number of ether oxygens (including phenoxy) is 1. The molecule has 0 aliphatic rings. The summed E-state index contributed by atoms with van der Waals surface area (Å²) in [6.07, 6.45) is 0. The Morgan fingerprint density at radius 2 is 1.43 bits per heavy atom. The highest BCUT2D eigenvalue weighted by Gasteiger charge is 2.14. The fourth-order valence-corrected chi connectivity index (χ4v) is 2.53. The van der Waals surface area contributed by atoms with Crippen LogP contribution in [0.4, 0.5) is 0 Å². The molecule has 0 spiro atoms. The Bertz CT molecular complexity index is 841. The Morgan fingerprint density at radius 1 is 0.893 bits per heavy atom. The van der Waals surface area contributed by atoms with Crippen molar-refractivity contribution in [2.45, 2.75) is 33.1 Å². The van der Waals surface area contributed by atoms with Crippen molar-refractivity contribution in [2.24, 2.45) is 0 Å². The van der Waals surface area contributed by atoms with Gasteiger partial charge in [0.05, 0.1) is 6.61 Å². The van der Waals surface area contributed by atoms with Gasteiger partial charge in [-0.15, -0.1) is 0 Å². The molecule has 0 aliphatic heterocycles. The van der Waals surface area contributed by atoms with Crippen LogP contribution in [0.3, 0.4) is 0 Å². The second-order valence-electron chi connectivity index (χ2n) is 7.15. The van der Waals surface area contributed by atoms with Crippen molar-refractivity contribution in [3.8, 4) is 5.75 Å². The second kappa shape index (κ2) is 9.32. The molecule has 0 aromatic heterocycles. The summed E-state index contributed by atoms with van der Waals surface area (Å²) in [7, 11) is 0. The normalized spacial score (nSPS) is 10.7. The molecule has 2 amide bonds. The van der Waals surface area contributed by atoms with Gasteiger partial charge >= 0.3 is 0 Å². The van der Waals surface area contributed by atoms with E-state index in [1.165, 1.54) is 0 Å². The largest absolute Gasteiger partial charge is 0.494 e. The van der Waals surface area contributed by atoms with Crippen molar-refractivity contribution in [2.75, 3.05) is 6.61 Å². The summed E-state index contributed by atoms with van der Waals surface area (Å²) >= 11 is 5.05. The molecular weight excluding hydrogens is 374 g/mol. The molecule has 0 atom stereocenters. The summed E-state index contributed by atoms with van der Waals surface area (Å²) in [5, 5.41) is 2.51. The Hall–Kier alpha value is -2.93. The summed E-state index contributed by atoms with van der Waals surface area (Å²) in [6.45, 7) is 8.76. The molecule has 0 saturated carbocycles. The Kier molecular flexibility index (Phi) is 7.12. The van der Waals surface area contributed by atoms with Gasteiger partial charge in [0, 0.05) is 11.1 Å². The van der Waals surface area contributed by atoms with Crippen LogP contribution in [0.5, 0.6) is 5.75 Å². The Morgan fingerprint density at radius 3 is 1.96 bits per heavy atom. The van der Waals surface area contributed by atoms with Crippen LogP contribution < -0.4 is 20.9 Å². The van der Waals surface area contributed by atoms with E-state index in [0.717, 1.165) is 5.56 Å². The van der Waals surface area contributed by atoms with Gasteiger partial charge in [-0.3, -0.25) is 25.8 Å². The maximum absolute atomic E-state index is 12.2. The third kappa shape index (κ3) is 6.06. The minimum Gasteiger partial charge on any atom is -0.494 e. The van der Waals surface area contributed by atoms with Gasteiger partial charge in [0.1, 0.15) is 5.75 Å². The first-order chi connectivity index (χ1) is 13.2. The number of hydrogen-bond donors (Lipinski definition) is 3. The number of hydrazine groups is 1. The van der Waals surface area contributed by atoms with Gasteiger partial charge in [0.15, 0.2) is 5.11 Å². The van der Waals surface area contributed by atoms with Gasteiger partial charge in [0.25, 0.3) is 11.8 Å². The third-order valence-corrected chi connectivity index (χ3v) is 4.16. The molecule has 3 N–H and O–H groups in total. The number of benzene rings is 2. The van der Waals surface area contributed by atoms with E-state index in [1.807, 2.05) is 19.1 Å². The topological polar surface area (TPSA) is 79.5 Å². The summed E-state index contributed by atoms with van der Waals surface area (Å²) in [4.78, 5) is 24.4. The number of hydrogen-bond acceptors (Lipinski definition) is 4. The van der Waals surface area contributed by atoms with Crippen LogP contribution >= 0.6 is 12.2 Å². The SMILES string of the molecule is CCOc1ccc(C(=O)NC(=S)NNC(=O)c2ccc(C(C)(C)C)cc2)cc1. The highest BCUT2D eigenvalue weighted by Crippen LogP contribution is 2.22. The molecule has 0 heterocycles. The first-order valence-electron chi connectivity index (χ1n) is 8.96. The fraction of sp³-hybridized carbons (Fsp3) is 0.286. The average molecular weight is 400 g/mol. The Balaban J connectivity index is 1.85. The van der Waals surface area contributed by atoms with E-state index in [9.17, 15) is 9.59 Å². The van der Waals surface area contributed by atoms with E-state index in [-0.39, 0.29) is 22.3 Å². The maximum Gasteiger partial charge on any atom is 0.269 e. The second-order valence-corrected chi connectivity index (χ2v) is 7.56. The molecule has 2 rings (SSSR count). The minimum absolute atomic E-state index is 0.00135. The zero-order chi connectivity index (χ0) is 20.7. The van der Waals surface area contributed by atoms with Gasteiger partial charge in [-0.05, 0) is 66.5 Å². The first kappa shape index (κ1) is 21.4. The lowest BCUT2D eigenvalue weighted by Crippen LogP contribution is -2.48. The average Bonchev–Trinajstić information content (AvgIpc) is 2.66. The van der Waals surface area contributed by atoms with E-state index < -0.39 is 0 Å². The minimum atomic E-state index is -0.385. The smallest absolute Gasteiger partial charge is 0.269 e. The lowest BCUT2D eigenvalue weighted by Gasteiger charge is -2.19. The number of carbonyl (C=O) groups excluding carboxylic acids is 2. The van der Waals surface area contributed by atoms with Crippen molar-refractivity contribution >= 4 is 29.1 Å². The van der Waals surface area contributed by atoms with E-state index in [1.54, 1.807) is 36.4 Å². The predicted octanol–water partition coefficient (Wildman–Crippen LogP) is 3.33. The maximum atomic E-state index is 12.2. The molecule has 0 saturated heterocycles. The van der Waals surface area contributed by atoms with E-state index in [0.29, 0.717) is 23.5 Å². The number of carbonyl (C=O) groups is 2. The summed E-state index contributed by atoms with van der Waals surface area (Å²) in [6, 6.07) is 14.0. The van der Waals surface area contributed by atoms with Crippen molar-refractivity contribution in [1.29, 1.82) is 0 Å². The van der Waals surface area contributed by atoms with Crippen molar-refractivity contribution in [1.82, 2.24) is 16.2 Å². The number of amides is 2. The first-order valence-corrected chi connectivity index (χ1v) is 9.36. The number of nitrogens with one attached hydrogen (secondary N) is 3. The molecule has 0 radical (unpaired) electrons. The standard InChI is InChI=1S/C21H25N3O3S/c1-5-27-17-12-8-14(9-13-17)18(25)22-20(28)24-23-19(26)15-6-10-16(11-7-15)21(2,3)4/h6-13H,5H2,1-4H3,(H,23,26)(H2,22,24,25,28). The van der Waals surface area contributed by atoms with Crippen LogP contribution in [0.25, 0.3) is 0 Å². The van der Waals surface area contributed by atoms with Gasteiger partial charge < -0.3 is 4.74 Å². The zero-order valence-corrected chi connectivity index (χ0v) is 17.3. The lowest BCUT2D eigenvalue weighted by molar-refractivity contribution is 0.0934. The number of thiocarbonyl (C=S) groups is 1. The third-order valence-electron chi connectivity index (χ3n) is 3.96. The van der Waals surface area contributed by atoms with Crippen LogP contribution in [-0.4, -0.2) is 23.5 Å². The summed E-state index contributed by atoms with van der Waals surface area (Å²) in [5.41, 5.74) is 7.07. The molecule has 28 heavy (non-hydrogen) atoms. The van der Waals surface area contributed by atoms with E-state index in [2.05, 4.69) is 36.9 Å². The van der Waals surface area contributed by atoms with Crippen molar-refractivity contribution in [3.63, 3.8) is 0 Å². The van der Waals surface area contributed by atoms with Crippen molar-refractivity contribution < 1.29 is 14.3 Å².